The second-order valence-electron chi connectivity index (χ2n) is 3.07. The maximum absolute atomic E-state index is 9.74. The lowest BCUT2D eigenvalue weighted by atomic mass is 10.1. The Hall–Kier alpha value is -0.690. The van der Waals surface area contributed by atoms with E-state index in [1.54, 1.807) is 14.0 Å². The molecule has 80 valence electrons. The molecule has 0 saturated carbocycles. The molecule has 1 aromatic heterocycles. The van der Waals surface area contributed by atoms with Crippen LogP contribution >= 0.6 is 11.3 Å². The number of aliphatic hydroxyl groups excluding tert-OH is 2. The zero-order valence-electron chi connectivity index (χ0n) is 8.19. The first-order valence-electron chi connectivity index (χ1n) is 4.29. The summed E-state index contributed by atoms with van der Waals surface area (Å²) in [5.41, 5.74) is 6.17. The molecular formula is C8H15N3O2S. The normalized spacial score (nSPS) is 15.4. The van der Waals surface area contributed by atoms with Gasteiger partial charge in [-0.3, -0.25) is 0 Å². The van der Waals surface area contributed by atoms with Crippen molar-refractivity contribution in [3.63, 3.8) is 0 Å². The second-order valence-corrected chi connectivity index (χ2v) is 4.13. The van der Waals surface area contributed by atoms with Gasteiger partial charge in [0.1, 0.15) is 6.10 Å². The lowest BCUT2D eigenvalue weighted by molar-refractivity contribution is 0.0219. The molecule has 0 radical (unpaired) electrons. The van der Waals surface area contributed by atoms with Crippen LogP contribution in [0.25, 0.3) is 0 Å². The topological polar surface area (TPSA) is 91.4 Å². The van der Waals surface area contributed by atoms with Crippen molar-refractivity contribution in [1.82, 2.24) is 10.3 Å². The first-order valence-corrected chi connectivity index (χ1v) is 5.11. The zero-order valence-corrected chi connectivity index (χ0v) is 9.01. The number of anilines is 1. The predicted octanol–water partition coefficient (Wildman–Crippen LogP) is -0.353. The molecule has 0 aliphatic heterocycles. The Morgan fingerprint density at radius 1 is 1.57 bits per heavy atom. The van der Waals surface area contributed by atoms with Crippen molar-refractivity contribution in [1.29, 1.82) is 0 Å². The van der Waals surface area contributed by atoms with Crippen LogP contribution in [-0.4, -0.2) is 34.9 Å². The van der Waals surface area contributed by atoms with Gasteiger partial charge < -0.3 is 21.3 Å². The first-order chi connectivity index (χ1) is 6.56. The molecule has 5 N–H and O–H groups in total. The Labute approximate surface area is 86.6 Å². The van der Waals surface area contributed by atoms with Gasteiger partial charge in [-0.2, -0.15) is 0 Å². The number of nitrogens with zero attached hydrogens (tertiary/aromatic N) is 1. The minimum absolute atomic E-state index is 0.332. The highest BCUT2D eigenvalue weighted by molar-refractivity contribution is 7.15. The Bertz CT molecular complexity index is 303. The molecule has 0 aliphatic carbocycles. The molecule has 5 nitrogen and oxygen atoms in total. The third-order valence-corrected chi connectivity index (χ3v) is 2.95. The fraction of sp³-hybridized carbons (Fsp3) is 0.625. The fourth-order valence-corrected chi connectivity index (χ4v) is 2.08. The second kappa shape index (κ2) is 4.70. The lowest BCUT2D eigenvalue weighted by Crippen LogP contribution is -2.29. The van der Waals surface area contributed by atoms with Crippen molar-refractivity contribution in [2.45, 2.75) is 19.1 Å². The van der Waals surface area contributed by atoms with Gasteiger partial charge in [-0.15, -0.1) is 0 Å². The summed E-state index contributed by atoms with van der Waals surface area (Å²) in [6.45, 7) is 2.09. The molecule has 1 heterocycles. The molecule has 0 bridgehead atoms. The van der Waals surface area contributed by atoms with Crippen LogP contribution in [0.4, 0.5) is 5.13 Å². The fourth-order valence-electron chi connectivity index (χ4n) is 1.20. The maximum atomic E-state index is 9.74. The Morgan fingerprint density at radius 2 is 2.21 bits per heavy atom. The van der Waals surface area contributed by atoms with Crippen molar-refractivity contribution >= 4 is 16.5 Å². The van der Waals surface area contributed by atoms with Gasteiger partial charge in [0, 0.05) is 6.54 Å². The number of aliphatic hydroxyl groups is 2. The summed E-state index contributed by atoms with van der Waals surface area (Å²) in [5.74, 6) is 0. The average Bonchev–Trinajstić information content (AvgIpc) is 2.44. The van der Waals surface area contributed by atoms with Crippen LogP contribution in [-0.2, 0) is 0 Å². The van der Waals surface area contributed by atoms with Gasteiger partial charge >= 0.3 is 0 Å². The van der Waals surface area contributed by atoms with Gasteiger partial charge in [0.2, 0.25) is 0 Å². The highest BCUT2D eigenvalue weighted by Gasteiger charge is 2.22. The molecule has 0 aromatic carbocycles. The molecule has 1 rings (SSSR count). The number of rotatable bonds is 4. The number of aryl methyl sites for hydroxylation is 1. The van der Waals surface area contributed by atoms with E-state index in [2.05, 4.69) is 10.3 Å². The molecule has 0 fully saturated rings. The van der Waals surface area contributed by atoms with Crippen molar-refractivity contribution < 1.29 is 10.2 Å². The number of likely N-dealkylation sites (N-methyl/N-ethyl adjacent to an activating group) is 1. The van der Waals surface area contributed by atoms with E-state index in [1.165, 1.54) is 11.3 Å². The SMILES string of the molecule is CNCC(O)C(O)c1sc(N)nc1C. The van der Waals surface area contributed by atoms with Crippen LogP contribution in [0.1, 0.15) is 16.7 Å². The van der Waals surface area contributed by atoms with Crippen molar-refractivity contribution in [3.05, 3.63) is 10.6 Å². The summed E-state index contributed by atoms with van der Waals surface area (Å²) in [6, 6.07) is 0. The molecule has 0 spiro atoms. The van der Waals surface area contributed by atoms with E-state index in [-0.39, 0.29) is 0 Å². The van der Waals surface area contributed by atoms with Crippen LogP contribution in [0.5, 0.6) is 0 Å². The minimum Gasteiger partial charge on any atom is -0.389 e. The smallest absolute Gasteiger partial charge is 0.180 e. The van der Waals surface area contributed by atoms with Crippen molar-refractivity contribution in [3.8, 4) is 0 Å². The molecule has 14 heavy (non-hydrogen) atoms. The van der Waals surface area contributed by atoms with Crippen LogP contribution in [0.15, 0.2) is 0 Å². The summed E-state index contributed by atoms with van der Waals surface area (Å²) in [6.07, 6.45) is -1.75. The predicted molar refractivity (Wildman–Crippen MR) is 56.2 cm³/mol. The van der Waals surface area contributed by atoms with Gasteiger partial charge in [0.25, 0.3) is 0 Å². The van der Waals surface area contributed by atoms with Gasteiger partial charge in [-0.25, -0.2) is 4.98 Å². The van der Waals surface area contributed by atoms with E-state index in [0.29, 0.717) is 22.2 Å². The molecule has 0 aliphatic rings. The van der Waals surface area contributed by atoms with E-state index in [0.717, 1.165) is 0 Å². The third-order valence-electron chi connectivity index (χ3n) is 1.90. The third kappa shape index (κ3) is 2.42. The molecule has 2 atom stereocenters. The van der Waals surface area contributed by atoms with Gasteiger partial charge in [-0.05, 0) is 14.0 Å². The van der Waals surface area contributed by atoms with E-state index in [9.17, 15) is 10.2 Å². The van der Waals surface area contributed by atoms with E-state index >= 15 is 0 Å². The van der Waals surface area contributed by atoms with E-state index < -0.39 is 12.2 Å². The molecule has 1 aromatic rings. The Kier molecular flexibility index (Phi) is 3.82. The number of hydrogen-bond acceptors (Lipinski definition) is 6. The van der Waals surface area contributed by atoms with Crippen molar-refractivity contribution in [2.75, 3.05) is 19.3 Å². The van der Waals surface area contributed by atoms with Gasteiger partial charge in [0.05, 0.1) is 16.7 Å². The lowest BCUT2D eigenvalue weighted by Gasteiger charge is -2.16. The summed E-state index contributed by atoms with van der Waals surface area (Å²) in [7, 11) is 1.71. The zero-order chi connectivity index (χ0) is 10.7. The first kappa shape index (κ1) is 11.4. The summed E-state index contributed by atoms with van der Waals surface area (Å²) >= 11 is 1.21. The average molecular weight is 217 g/mol. The number of hydrogen-bond donors (Lipinski definition) is 4. The van der Waals surface area contributed by atoms with Crippen LogP contribution < -0.4 is 11.1 Å². The van der Waals surface area contributed by atoms with Crippen LogP contribution in [0, 0.1) is 6.92 Å². The van der Waals surface area contributed by atoms with Gasteiger partial charge in [-0.1, -0.05) is 11.3 Å². The molecule has 6 heteroatoms. The minimum atomic E-state index is -0.919. The number of thiazole rings is 1. The Morgan fingerprint density at radius 3 is 2.64 bits per heavy atom. The number of nitrogens with two attached hydrogens (primary N) is 1. The quantitative estimate of drug-likeness (QED) is 0.553. The molecule has 2 unspecified atom stereocenters. The van der Waals surface area contributed by atoms with E-state index in [1.807, 2.05) is 0 Å². The van der Waals surface area contributed by atoms with Crippen LogP contribution in [0.3, 0.4) is 0 Å². The largest absolute Gasteiger partial charge is 0.389 e. The summed E-state index contributed by atoms with van der Waals surface area (Å²) in [4.78, 5) is 4.61. The summed E-state index contributed by atoms with van der Waals surface area (Å²) < 4.78 is 0. The monoisotopic (exact) mass is 217 g/mol. The van der Waals surface area contributed by atoms with Crippen LogP contribution in [0.2, 0.25) is 0 Å². The van der Waals surface area contributed by atoms with Gasteiger partial charge in [0.15, 0.2) is 5.13 Å². The number of nitrogens with one attached hydrogen (secondary N) is 1. The molecule has 0 amide bonds. The molecular weight excluding hydrogens is 202 g/mol. The number of aromatic nitrogens is 1. The Balaban J connectivity index is 2.77. The highest BCUT2D eigenvalue weighted by Crippen LogP contribution is 2.28. The maximum Gasteiger partial charge on any atom is 0.180 e. The standard InChI is InChI=1S/C8H15N3O2S/c1-4-7(14-8(9)11-4)6(13)5(12)3-10-2/h5-6,10,12-13H,3H2,1-2H3,(H2,9,11). The number of nitrogen functional groups attached to an aromatic ring is 1. The molecule has 0 saturated heterocycles. The van der Waals surface area contributed by atoms with E-state index in [4.69, 9.17) is 5.73 Å². The van der Waals surface area contributed by atoms with Crippen molar-refractivity contribution in [2.24, 2.45) is 0 Å². The highest BCUT2D eigenvalue weighted by atomic mass is 32.1. The summed E-state index contributed by atoms with van der Waals surface area (Å²) in [5, 5.41) is 22.5.